The van der Waals surface area contributed by atoms with E-state index >= 15 is 0 Å². The third-order valence-electron chi connectivity index (χ3n) is 3.51. The van der Waals surface area contributed by atoms with Gasteiger partial charge >= 0.3 is 0 Å². The molecule has 2 aromatic rings. The Bertz CT molecular complexity index is 583. The lowest BCUT2D eigenvalue weighted by Gasteiger charge is -2.16. The Morgan fingerprint density at radius 3 is 3.20 bits per heavy atom. The number of aromatic nitrogens is 2. The summed E-state index contributed by atoms with van der Waals surface area (Å²) < 4.78 is 7.77. The Morgan fingerprint density at radius 1 is 1.50 bits per heavy atom. The number of nitrogens with zero attached hydrogens (tertiary/aromatic N) is 2. The van der Waals surface area contributed by atoms with Crippen LogP contribution in [0.25, 0.3) is 0 Å². The van der Waals surface area contributed by atoms with E-state index in [9.17, 15) is 0 Å². The standard InChI is InChI=1S/C15H18ClN3O/c1-11(9-19-4-3-17-10-19)18-8-13-7-14(16)6-12-2-5-20-15(12)13/h3-4,6-7,10-11,18H,2,5,8-9H2,1H3. The van der Waals surface area contributed by atoms with E-state index < -0.39 is 0 Å². The van der Waals surface area contributed by atoms with Crippen molar-refractivity contribution in [2.75, 3.05) is 6.61 Å². The van der Waals surface area contributed by atoms with Crippen molar-refractivity contribution in [1.29, 1.82) is 0 Å². The Labute approximate surface area is 123 Å². The molecule has 1 N–H and O–H groups in total. The quantitative estimate of drug-likeness (QED) is 0.920. The summed E-state index contributed by atoms with van der Waals surface area (Å²) in [7, 11) is 0. The molecule has 3 rings (SSSR count). The molecular formula is C15H18ClN3O. The van der Waals surface area contributed by atoms with E-state index in [-0.39, 0.29) is 0 Å². The molecule has 5 heteroatoms. The highest BCUT2D eigenvalue weighted by Crippen LogP contribution is 2.32. The van der Waals surface area contributed by atoms with Gasteiger partial charge in [-0.05, 0) is 24.6 Å². The van der Waals surface area contributed by atoms with Gasteiger partial charge in [0, 0.05) is 48.5 Å². The van der Waals surface area contributed by atoms with Gasteiger partial charge in [0.25, 0.3) is 0 Å². The van der Waals surface area contributed by atoms with Crippen LogP contribution in [0.5, 0.6) is 5.75 Å². The topological polar surface area (TPSA) is 39.1 Å². The highest BCUT2D eigenvalue weighted by Gasteiger charge is 2.17. The van der Waals surface area contributed by atoms with Gasteiger partial charge in [-0.15, -0.1) is 0 Å². The molecule has 106 valence electrons. The maximum absolute atomic E-state index is 6.16. The molecule has 0 bridgehead atoms. The Balaban J connectivity index is 1.64. The van der Waals surface area contributed by atoms with E-state index in [1.807, 2.05) is 24.7 Å². The summed E-state index contributed by atoms with van der Waals surface area (Å²) in [6.07, 6.45) is 6.55. The van der Waals surface area contributed by atoms with E-state index in [1.165, 1.54) is 5.56 Å². The van der Waals surface area contributed by atoms with Gasteiger partial charge in [0.15, 0.2) is 0 Å². The van der Waals surface area contributed by atoms with Crippen molar-refractivity contribution in [2.45, 2.75) is 32.5 Å². The van der Waals surface area contributed by atoms with E-state index in [0.29, 0.717) is 6.04 Å². The average Bonchev–Trinajstić information content (AvgIpc) is 3.06. The molecule has 0 radical (unpaired) electrons. The molecule has 0 aliphatic carbocycles. The first kappa shape index (κ1) is 13.5. The maximum atomic E-state index is 6.16. The van der Waals surface area contributed by atoms with Gasteiger partial charge in [-0.25, -0.2) is 4.98 Å². The van der Waals surface area contributed by atoms with E-state index in [4.69, 9.17) is 16.3 Å². The highest BCUT2D eigenvalue weighted by atomic mass is 35.5. The molecule has 1 atom stereocenters. The lowest BCUT2D eigenvalue weighted by molar-refractivity contribution is 0.351. The van der Waals surface area contributed by atoms with Gasteiger partial charge in [0.05, 0.1) is 12.9 Å². The van der Waals surface area contributed by atoms with Crippen LogP contribution in [0.3, 0.4) is 0 Å². The molecule has 1 aliphatic rings. The second kappa shape index (κ2) is 5.85. The van der Waals surface area contributed by atoms with Gasteiger partial charge in [0.1, 0.15) is 5.75 Å². The van der Waals surface area contributed by atoms with Crippen LogP contribution in [0, 0.1) is 0 Å². The van der Waals surface area contributed by atoms with Crippen molar-refractivity contribution in [3.63, 3.8) is 0 Å². The summed E-state index contributed by atoms with van der Waals surface area (Å²) in [5, 5.41) is 4.29. The van der Waals surface area contributed by atoms with Gasteiger partial charge in [-0.3, -0.25) is 0 Å². The van der Waals surface area contributed by atoms with Crippen molar-refractivity contribution in [3.8, 4) is 5.75 Å². The van der Waals surface area contributed by atoms with Crippen LogP contribution >= 0.6 is 11.6 Å². The summed E-state index contributed by atoms with van der Waals surface area (Å²) in [4.78, 5) is 4.05. The Morgan fingerprint density at radius 2 is 2.40 bits per heavy atom. The molecular weight excluding hydrogens is 274 g/mol. The van der Waals surface area contributed by atoms with Crippen LogP contribution < -0.4 is 10.1 Å². The van der Waals surface area contributed by atoms with Crippen molar-refractivity contribution in [2.24, 2.45) is 0 Å². The smallest absolute Gasteiger partial charge is 0.127 e. The lowest BCUT2D eigenvalue weighted by Crippen LogP contribution is -2.29. The van der Waals surface area contributed by atoms with Crippen molar-refractivity contribution < 1.29 is 4.74 Å². The number of fused-ring (bicyclic) bond motifs is 1. The number of ether oxygens (including phenoxy) is 1. The molecule has 0 amide bonds. The first-order chi connectivity index (χ1) is 9.72. The van der Waals surface area contributed by atoms with Crippen LogP contribution in [0.15, 0.2) is 30.9 Å². The van der Waals surface area contributed by atoms with Crippen molar-refractivity contribution in [3.05, 3.63) is 47.0 Å². The zero-order valence-electron chi connectivity index (χ0n) is 11.5. The number of halogens is 1. The van der Waals surface area contributed by atoms with E-state index in [0.717, 1.165) is 42.5 Å². The molecule has 0 saturated heterocycles. The summed E-state index contributed by atoms with van der Waals surface area (Å²) in [5.74, 6) is 1.01. The fraction of sp³-hybridized carbons (Fsp3) is 0.400. The molecule has 0 spiro atoms. The van der Waals surface area contributed by atoms with Gasteiger partial charge in [-0.1, -0.05) is 11.6 Å². The van der Waals surface area contributed by atoms with Crippen LogP contribution in [0.1, 0.15) is 18.1 Å². The van der Waals surface area contributed by atoms with Crippen LogP contribution in [0.4, 0.5) is 0 Å². The predicted molar refractivity (Wildman–Crippen MR) is 79.2 cm³/mol. The first-order valence-electron chi connectivity index (χ1n) is 6.85. The van der Waals surface area contributed by atoms with Crippen LogP contribution in [0.2, 0.25) is 5.02 Å². The number of hydrogen-bond donors (Lipinski definition) is 1. The minimum atomic E-state index is 0.347. The number of imidazole rings is 1. The van der Waals surface area contributed by atoms with E-state index in [1.54, 1.807) is 6.20 Å². The summed E-state index contributed by atoms with van der Waals surface area (Å²) in [6, 6.07) is 4.34. The molecule has 1 unspecified atom stereocenters. The number of benzene rings is 1. The predicted octanol–water partition coefficient (Wildman–Crippen LogP) is 2.65. The second-order valence-electron chi connectivity index (χ2n) is 5.19. The number of nitrogens with one attached hydrogen (secondary N) is 1. The third kappa shape index (κ3) is 2.97. The monoisotopic (exact) mass is 291 g/mol. The minimum Gasteiger partial charge on any atom is -0.493 e. The molecule has 1 aromatic carbocycles. The normalized spacial score (nSPS) is 14.9. The SMILES string of the molecule is CC(Cn1ccnc1)NCc1cc(Cl)cc2c1OCC2. The maximum Gasteiger partial charge on any atom is 0.127 e. The van der Waals surface area contributed by atoms with E-state index in [2.05, 4.69) is 21.8 Å². The molecule has 0 saturated carbocycles. The minimum absolute atomic E-state index is 0.347. The highest BCUT2D eigenvalue weighted by molar-refractivity contribution is 6.30. The zero-order valence-corrected chi connectivity index (χ0v) is 12.2. The fourth-order valence-corrected chi connectivity index (χ4v) is 2.80. The molecule has 4 nitrogen and oxygen atoms in total. The number of hydrogen-bond acceptors (Lipinski definition) is 3. The Hall–Kier alpha value is -1.52. The zero-order chi connectivity index (χ0) is 13.9. The van der Waals surface area contributed by atoms with Gasteiger partial charge in [0.2, 0.25) is 0 Å². The summed E-state index contributed by atoms with van der Waals surface area (Å²) in [6.45, 7) is 4.57. The molecule has 1 aromatic heterocycles. The summed E-state index contributed by atoms with van der Waals surface area (Å²) in [5.41, 5.74) is 2.36. The van der Waals surface area contributed by atoms with Crippen molar-refractivity contribution in [1.82, 2.24) is 14.9 Å². The number of rotatable bonds is 5. The van der Waals surface area contributed by atoms with Crippen LogP contribution in [-0.2, 0) is 19.5 Å². The Kier molecular flexibility index (Phi) is 3.94. The van der Waals surface area contributed by atoms with Crippen LogP contribution in [-0.4, -0.2) is 22.2 Å². The summed E-state index contributed by atoms with van der Waals surface area (Å²) >= 11 is 6.16. The molecule has 2 heterocycles. The van der Waals surface area contributed by atoms with Gasteiger partial charge < -0.3 is 14.6 Å². The second-order valence-corrected chi connectivity index (χ2v) is 5.63. The molecule has 1 aliphatic heterocycles. The largest absolute Gasteiger partial charge is 0.493 e. The van der Waals surface area contributed by atoms with Crippen molar-refractivity contribution >= 4 is 11.6 Å². The third-order valence-corrected chi connectivity index (χ3v) is 3.73. The fourth-order valence-electron chi connectivity index (χ4n) is 2.54. The molecule has 0 fully saturated rings. The van der Waals surface area contributed by atoms with Gasteiger partial charge in [-0.2, -0.15) is 0 Å². The molecule has 20 heavy (non-hydrogen) atoms. The lowest BCUT2D eigenvalue weighted by atomic mass is 10.1. The first-order valence-corrected chi connectivity index (χ1v) is 7.23. The average molecular weight is 292 g/mol.